The summed E-state index contributed by atoms with van der Waals surface area (Å²) in [7, 11) is 6.39. The van der Waals surface area contributed by atoms with Crippen molar-refractivity contribution in [1.82, 2.24) is 10.2 Å². The van der Waals surface area contributed by atoms with Gasteiger partial charge in [0, 0.05) is 5.54 Å². The van der Waals surface area contributed by atoms with Gasteiger partial charge in [-0.05, 0) is 59.5 Å². The first-order chi connectivity index (χ1) is 8.36. The van der Waals surface area contributed by atoms with Crippen LogP contribution in [-0.4, -0.2) is 31.6 Å². The zero-order valence-corrected chi connectivity index (χ0v) is 13.0. The Morgan fingerprint density at radius 1 is 1.28 bits per heavy atom. The van der Waals surface area contributed by atoms with Gasteiger partial charge in [0.25, 0.3) is 0 Å². The number of nitrogens with zero attached hydrogens (tertiary/aromatic N) is 1. The van der Waals surface area contributed by atoms with Crippen LogP contribution < -0.4 is 5.32 Å². The van der Waals surface area contributed by atoms with Crippen LogP contribution in [0.15, 0.2) is 18.2 Å². The maximum atomic E-state index is 3.51. The molecule has 0 saturated heterocycles. The molecule has 1 rings (SSSR count). The largest absolute Gasteiger partial charge is 0.311 e. The molecule has 1 aromatic rings. The molecular formula is C16H28N2. The molecule has 0 bridgehead atoms. The Bertz CT molecular complexity index is 398. The summed E-state index contributed by atoms with van der Waals surface area (Å²) in [6.45, 7) is 8.94. The molecule has 2 unspecified atom stereocenters. The Morgan fingerprint density at radius 3 is 2.28 bits per heavy atom. The van der Waals surface area contributed by atoms with Crippen molar-refractivity contribution in [3.8, 4) is 0 Å². The van der Waals surface area contributed by atoms with E-state index in [1.807, 2.05) is 0 Å². The number of aryl methyl sites for hydroxylation is 2. The molecule has 0 saturated carbocycles. The summed E-state index contributed by atoms with van der Waals surface area (Å²) in [5.41, 5.74) is 4.22. The Balaban J connectivity index is 3.24. The quantitative estimate of drug-likeness (QED) is 0.860. The van der Waals surface area contributed by atoms with Crippen LogP contribution in [0, 0.1) is 13.8 Å². The van der Waals surface area contributed by atoms with E-state index in [0.717, 1.165) is 6.42 Å². The molecule has 2 nitrogen and oxygen atoms in total. The lowest BCUT2D eigenvalue weighted by Gasteiger charge is -2.43. The lowest BCUT2D eigenvalue weighted by atomic mass is 9.81. The van der Waals surface area contributed by atoms with Crippen molar-refractivity contribution in [3.63, 3.8) is 0 Å². The zero-order valence-electron chi connectivity index (χ0n) is 13.0. The van der Waals surface area contributed by atoms with Crippen LogP contribution in [0.1, 0.15) is 43.0 Å². The molecule has 0 aromatic heterocycles. The van der Waals surface area contributed by atoms with Gasteiger partial charge < -0.3 is 10.2 Å². The first-order valence-electron chi connectivity index (χ1n) is 6.78. The SMILES string of the molecule is CCC(C)(C(NC)c1ccc(C)cc1C)N(C)C. The van der Waals surface area contributed by atoms with Gasteiger partial charge in [-0.3, -0.25) is 0 Å². The van der Waals surface area contributed by atoms with E-state index >= 15 is 0 Å². The second-order valence-electron chi connectivity index (χ2n) is 5.69. The Labute approximate surface area is 112 Å². The third-order valence-electron chi connectivity index (χ3n) is 4.38. The number of benzene rings is 1. The maximum Gasteiger partial charge on any atom is 0.0504 e. The van der Waals surface area contributed by atoms with Crippen LogP contribution in [0.25, 0.3) is 0 Å². The minimum atomic E-state index is 0.120. The predicted molar refractivity (Wildman–Crippen MR) is 80.1 cm³/mol. The van der Waals surface area contributed by atoms with Gasteiger partial charge in [0.05, 0.1) is 6.04 Å². The topological polar surface area (TPSA) is 15.3 Å². The molecule has 0 spiro atoms. The lowest BCUT2D eigenvalue weighted by Crippen LogP contribution is -2.50. The van der Waals surface area contributed by atoms with Crippen molar-refractivity contribution in [2.75, 3.05) is 21.1 Å². The van der Waals surface area contributed by atoms with Gasteiger partial charge in [-0.25, -0.2) is 0 Å². The molecule has 0 fully saturated rings. The molecule has 102 valence electrons. The summed E-state index contributed by atoms with van der Waals surface area (Å²) < 4.78 is 0. The van der Waals surface area contributed by atoms with Crippen molar-refractivity contribution in [2.45, 2.75) is 45.7 Å². The fourth-order valence-corrected chi connectivity index (χ4v) is 2.73. The normalized spacial score (nSPS) is 16.7. The average Bonchev–Trinajstić information content (AvgIpc) is 2.32. The van der Waals surface area contributed by atoms with E-state index in [1.54, 1.807) is 0 Å². The highest BCUT2D eigenvalue weighted by atomic mass is 15.2. The van der Waals surface area contributed by atoms with E-state index in [2.05, 4.69) is 77.3 Å². The van der Waals surface area contributed by atoms with E-state index in [0.29, 0.717) is 6.04 Å². The Morgan fingerprint density at radius 2 is 1.89 bits per heavy atom. The fraction of sp³-hybridized carbons (Fsp3) is 0.625. The summed E-state index contributed by atoms with van der Waals surface area (Å²) in [6, 6.07) is 7.09. The second-order valence-corrected chi connectivity index (χ2v) is 5.69. The first kappa shape index (κ1) is 15.2. The maximum absolute atomic E-state index is 3.51. The standard InChI is InChI=1S/C16H28N2/c1-8-16(4,18(6)7)15(17-5)14-10-9-12(2)11-13(14)3/h9-11,15,17H,8H2,1-7H3. The third kappa shape index (κ3) is 2.76. The molecule has 18 heavy (non-hydrogen) atoms. The number of hydrogen-bond acceptors (Lipinski definition) is 2. The van der Waals surface area contributed by atoms with Crippen molar-refractivity contribution in [2.24, 2.45) is 0 Å². The van der Waals surface area contributed by atoms with Crippen LogP contribution in [0.3, 0.4) is 0 Å². The Hall–Kier alpha value is -0.860. The van der Waals surface area contributed by atoms with Crippen LogP contribution in [0.5, 0.6) is 0 Å². The van der Waals surface area contributed by atoms with Gasteiger partial charge in [0.2, 0.25) is 0 Å². The molecule has 1 N–H and O–H groups in total. The number of rotatable bonds is 5. The van der Waals surface area contributed by atoms with Crippen molar-refractivity contribution in [3.05, 3.63) is 34.9 Å². The summed E-state index contributed by atoms with van der Waals surface area (Å²) >= 11 is 0. The molecule has 2 heteroatoms. The molecule has 0 amide bonds. The van der Waals surface area contributed by atoms with Crippen molar-refractivity contribution >= 4 is 0 Å². The first-order valence-corrected chi connectivity index (χ1v) is 6.78. The monoisotopic (exact) mass is 248 g/mol. The van der Waals surface area contributed by atoms with Gasteiger partial charge >= 0.3 is 0 Å². The minimum absolute atomic E-state index is 0.120. The summed E-state index contributed by atoms with van der Waals surface area (Å²) in [5.74, 6) is 0. The summed E-state index contributed by atoms with van der Waals surface area (Å²) in [4.78, 5) is 2.33. The molecule has 0 aliphatic heterocycles. The molecular weight excluding hydrogens is 220 g/mol. The third-order valence-corrected chi connectivity index (χ3v) is 4.38. The average molecular weight is 248 g/mol. The van der Waals surface area contributed by atoms with E-state index in [4.69, 9.17) is 0 Å². The highest BCUT2D eigenvalue weighted by Gasteiger charge is 2.35. The molecule has 2 atom stereocenters. The number of nitrogens with one attached hydrogen (secondary N) is 1. The highest BCUT2D eigenvalue weighted by molar-refractivity contribution is 5.34. The Kier molecular flexibility index (Phi) is 4.94. The smallest absolute Gasteiger partial charge is 0.0504 e. The highest BCUT2D eigenvalue weighted by Crippen LogP contribution is 2.34. The van der Waals surface area contributed by atoms with Gasteiger partial charge in [-0.2, -0.15) is 0 Å². The van der Waals surface area contributed by atoms with E-state index in [9.17, 15) is 0 Å². The van der Waals surface area contributed by atoms with Crippen molar-refractivity contribution < 1.29 is 0 Å². The van der Waals surface area contributed by atoms with Gasteiger partial charge in [-0.15, -0.1) is 0 Å². The van der Waals surface area contributed by atoms with Gasteiger partial charge in [-0.1, -0.05) is 30.7 Å². The van der Waals surface area contributed by atoms with E-state index < -0.39 is 0 Å². The molecule has 1 aromatic carbocycles. The predicted octanol–water partition coefficient (Wildman–Crippen LogP) is 3.29. The molecule has 0 aliphatic carbocycles. The fourth-order valence-electron chi connectivity index (χ4n) is 2.73. The van der Waals surface area contributed by atoms with Crippen LogP contribution >= 0.6 is 0 Å². The summed E-state index contributed by atoms with van der Waals surface area (Å²) in [5, 5.41) is 3.51. The molecule has 0 radical (unpaired) electrons. The zero-order chi connectivity index (χ0) is 13.9. The van der Waals surface area contributed by atoms with Crippen LogP contribution in [-0.2, 0) is 0 Å². The van der Waals surface area contributed by atoms with E-state index in [1.165, 1.54) is 16.7 Å². The molecule has 0 heterocycles. The second kappa shape index (κ2) is 5.85. The molecule has 0 aliphatic rings. The van der Waals surface area contributed by atoms with Gasteiger partial charge in [0.15, 0.2) is 0 Å². The minimum Gasteiger partial charge on any atom is -0.311 e. The van der Waals surface area contributed by atoms with E-state index in [-0.39, 0.29) is 5.54 Å². The summed E-state index contributed by atoms with van der Waals surface area (Å²) in [6.07, 6.45) is 1.11. The van der Waals surface area contributed by atoms with Gasteiger partial charge in [0.1, 0.15) is 0 Å². The number of hydrogen-bond donors (Lipinski definition) is 1. The van der Waals surface area contributed by atoms with Crippen LogP contribution in [0.2, 0.25) is 0 Å². The number of likely N-dealkylation sites (N-methyl/N-ethyl adjacent to an activating group) is 2. The van der Waals surface area contributed by atoms with Crippen molar-refractivity contribution in [1.29, 1.82) is 0 Å². The van der Waals surface area contributed by atoms with Crippen LogP contribution in [0.4, 0.5) is 0 Å². The lowest BCUT2D eigenvalue weighted by molar-refractivity contribution is 0.116.